The van der Waals surface area contributed by atoms with Crippen LogP contribution in [-0.2, 0) is 11.4 Å². The first-order valence-electron chi connectivity index (χ1n) is 4.03. The molecule has 0 amide bonds. The van der Waals surface area contributed by atoms with Gasteiger partial charge in [-0.1, -0.05) is 17.7 Å². The molecule has 0 atom stereocenters. The predicted octanol–water partition coefficient (Wildman–Crippen LogP) is 2.00. The van der Waals surface area contributed by atoms with E-state index in [1.165, 1.54) is 22.3 Å². The highest BCUT2D eigenvalue weighted by molar-refractivity contribution is 5.36. The molecular weight excluding hydrogens is 150 g/mol. The molecule has 12 heavy (non-hydrogen) atoms. The van der Waals surface area contributed by atoms with E-state index in [0.717, 1.165) is 0 Å². The van der Waals surface area contributed by atoms with Gasteiger partial charge >= 0.3 is 0 Å². The van der Waals surface area contributed by atoms with Crippen LogP contribution in [0.2, 0.25) is 0 Å². The van der Waals surface area contributed by atoms with Crippen molar-refractivity contribution in [3.8, 4) is 0 Å². The molecule has 1 rings (SSSR count). The SMILES string of the molecule is Cc1cc(C)c(C)c(CON)c1. The van der Waals surface area contributed by atoms with Crippen LogP contribution < -0.4 is 5.90 Å². The molecule has 66 valence electrons. The van der Waals surface area contributed by atoms with Crippen molar-refractivity contribution in [2.75, 3.05) is 0 Å². The van der Waals surface area contributed by atoms with Gasteiger partial charge in [-0.25, -0.2) is 5.90 Å². The number of hydrogen-bond donors (Lipinski definition) is 1. The highest BCUT2D eigenvalue weighted by atomic mass is 16.6. The van der Waals surface area contributed by atoms with E-state index in [-0.39, 0.29) is 0 Å². The Morgan fingerprint density at radius 3 is 2.50 bits per heavy atom. The highest BCUT2D eigenvalue weighted by Gasteiger charge is 2.01. The first-order valence-corrected chi connectivity index (χ1v) is 4.03. The number of hydrogen-bond acceptors (Lipinski definition) is 2. The van der Waals surface area contributed by atoms with E-state index >= 15 is 0 Å². The Hall–Kier alpha value is -0.860. The van der Waals surface area contributed by atoms with Gasteiger partial charge in [-0.3, -0.25) is 4.84 Å². The van der Waals surface area contributed by atoms with Crippen LogP contribution in [0.3, 0.4) is 0 Å². The average Bonchev–Trinajstić information content (AvgIpc) is 2.00. The summed E-state index contributed by atoms with van der Waals surface area (Å²) >= 11 is 0. The number of benzene rings is 1. The normalized spacial score (nSPS) is 10.3. The van der Waals surface area contributed by atoms with Crippen LogP contribution in [0, 0.1) is 20.8 Å². The van der Waals surface area contributed by atoms with Crippen LogP contribution in [0.25, 0.3) is 0 Å². The second-order valence-corrected chi connectivity index (χ2v) is 3.18. The molecule has 0 heterocycles. The van der Waals surface area contributed by atoms with Gasteiger partial charge in [0.15, 0.2) is 0 Å². The molecule has 1 aromatic rings. The standard InChI is InChI=1S/C10H15NO/c1-7-4-8(2)9(3)10(5-7)6-12-11/h4-5H,6,11H2,1-3H3. The minimum absolute atomic E-state index is 0.494. The van der Waals surface area contributed by atoms with Crippen LogP contribution in [0.1, 0.15) is 22.3 Å². The second kappa shape index (κ2) is 3.70. The van der Waals surface area contributed by atoms with E-state index in [2.05, 4.69) is 37.7 Å². The van der Waals surface area contributed by atoms with E-state index in [1.807, 2.05) is 0 Å². The predicted molar refractivity (Wildman–Crippen MR) is 49.6 cm³/mol. The maximum atomic E-state index is 5.03. The lowest BCUT2D eigenvalue weighted by atomic mass is 10.0. The molecule has 0 saturated carbocycles. The second-order valence-electron chi connectivity index (χ2n) is 3.18. The van der Waals surface area contributed by atoms with Gasteiger partial charge in [-0.05, 0) is 37.5 Å². The third-order valence-corrected chi connectivity index (χ3v) is 2.16. The molecule has 0 aliphatic rings. The summed E-state index contributed by atoms with van der Waals surface area (Å²) in [6.45, 7) is 6.76. The summed E-state index contributed by atoms with van der Waals surface area (Å²) in [5.74, 6) is 5.03. The number of aryl methyl sites for hydroxylation is 2. The summed E-state index contributed by atoms with van der Waals surface area (Å²) in [4.78, 5) is 4.62. The van der Waals surface area contributed by atoms with Crippen molar-refractivity contribution in [2.45, 2.75) is 27.4 Å². The summed E-state index contributed by atoms with van der Waals surface area (Å²) in [5, 5.41) is 0. The number of rotatable bonds is 2. The maximum absolute atomic E-state index is 5.03. The maximum Gasteiger partial charge on any atom is 0.0932 e. The lowest BCUT2D eigenvalue weighted by Crippen LogP contribution is -2.02. The molecule has 0 spiro atoms. The quantitative estimate of drug-likeness (QED) is 0.680. The molecular formula is C10H15NO. The fourth-order valence-corrected chi connectivity index (χ4v) is 1.37. The zero-order valence-corrected chi connectivity index (χ0v) is 7.85. The third-order valence-electron chi connectivity index (χ3n) is 2.16. The van der Waals surface area contributed by atoms with Crippen LogP contribution in [0.15, 0.2) is 12.1 Å². The van der Waals surface area contributed by atoms with Crippen molar-refractivity contribution >= 4 is 0 Å². The minimum Gasteiger partial charge on any atom is -0.300 e. The first-order chi connectivity index (χ1) is 5.65. The number of nitrogens with two attached hydrogens (primary N) is 1. The summed E-state index contributed by atoms with van der Waals surface area (Å²) in [7, 11) is 0. The van der Waals surface area contributed by atoms with Crippen molar-refractivity contribution < 1.29 is 4.84 Å². The Labute approximate surface area is 73.3 Å². The zero-order chi connectivity index (χ0) is 9.14. The smallest absolute Gasteiger partial charge is 0.0932 e. The molecule has 1 aromatic carbocycles. The summed E-state index contributed by atoms with van der Waals surface area (Å²) in [6.07, 6.45) is 0. The van der Waals surface area contributed by atoms with Gasteiger partial charge in [-0.2, -0.15) is 0 Å². The zero-order valence-electron chi connectivity index (χ0n) is 7.85. The first kappa shape index (κ1) is 9.23. The van der Waals surface area contributed by atoms with Gasteiger partial charge in [0.1, 0.15) is 0 Å². The van der Waals surface area contributed by atoms with Crippen LogP contribution >= 0.6 is 0 Å². The van der Waals surface area contributed by atoms with Crippen LogP contribution in [0.4, 0.5) is 0 Å². The fraction of sp³-hybridized carbons (Fsp3) is 0.400. The molecule has 0 unspecified atom stereocenters. The van der Waals surface area contributed by atoms with Crippen molar-refractivity contribution in [3.63, 3.8) is 0 Å². The van der Waals surface area contributed by atoms with Crippen molar-refractivity contribution in [1.29, 1.82) is 0 Å². The molecule has 0 aliphatic heterocycles. The molecule has 2 N–H and O–H groups in total. The lowest BCUT2D eigenvalue weighted by molar-refractivity contribution is 0.123. The Morgan fingerprint density at radius 2 is 1.92 bits per heavy atom. The monoisotopic (exact) mass is 165 g/mol. The molecule has 0 fully saturated rings. The van der Waals surface area contributed by atoms with Gasteiger partial charge in [0, 0.05) is 0 Å². The van der Waals surface area contributed by atoms with Crippen LogP contribution in [-0.4, -0.2) is 0 Å². The Balaban J connectivity index is 3.09. The minimum atomic E-state index is 0.494. The van der Waals surface area contributed by atoms with E-state index in [4.69, 9.17) is 5.90 Å². The molecule has 2 heteroatoms. The third kappa shape index (κ3) is 1.84. The Bertz CT molecular complexity index is 281. The van der Waals surface area contributed by atoms with Gasteiger partial charge in [0.2, 0.25) is 0 Å². The summed E-state index contributed by atoms with van der Waals surface area (Å²) < 4.78 is 0. The largest absolute Gasteiger partial charge is 0.300 e. The van der Waals surface area contributed by atoms with E-state index in [1.54, 1.807) is 0 Å². The van der Waals surface area contributed by atoms with Gasteiger partial charge in [0.25, 0.3) is 0 Å². The summed E-state index contributed by atoms with van der Waals surface area (Å²) in [6, 6.07) is 4.27. The Kier molecular flexibility index (Phi) is 2.84. The molecule has 0 aromatic heterocycles. The van der Waals surface area contributed by atoms with Crippen LogP contribution in [0.5, 0.6) is 0 Å². The van der Waals surface area contributed by atoms with Gasteiger partial charge in [-0.15, -0.1) is 0 Å². The van der Waals surface area contributed by atoms with Crippen molar-refractivity contribution in [3.05, 3.63) is 34.4 Å². The molecule has 0 radical (unpaired) electrons. The summed E-state index contributed by atoms with van der Waals surface area (Å²) in [5.41, 5.74) is 4.99. The fourth-order valence-electron chi connectivity index (χ4n) is 1.37. The molecule has 0 saturated heterocycles. The topological polar surface area (TPSA) is 35.2 Å². The van der Waals surface area contributed by atoms with E-state index in [9.17, 15) is 0 Å². The molecule has 0 aliphatic carbocycles. The van der Waals surface area contributed by atoms with Gasteiger partial charge in [0.05, 0.1) is 6.61 Å². The lowest BCUT2D eigenvalue weighted by Gasteiger charge is -2.08. The molecule has 2 nitrogen and oxygen atoms in total. The highest BCUT2D eigenvalue weighted by Crippen LogP contribution is 2.16. The van der Waals surface area contributed by atoms with E-state index in [0.29, 0.717) is 6.61 Å². The van der Waals surface area contributed by atoms with Gasteiger partial charge < -0.3 is 0 Å². The van der Waals surface area contributed by atoms with Crippen molar-refractivity contribution in [2.24, 2.45) is 5.90 Å². The average molecular weight is 165 g/mol. The molecule has 0 bridgehead atoms. The van der Waals surface area contributed by atoms with E-state index < -0.39 is 0 Å². The Morgan fingerprint density at radius 1 is 1.25 bits per heavy atom. The van der Waals surface area contributed by atoms with Crippen molar-refractivity contribution in [1.82, 2.24) is 0 Å².